The molecule has 0 amide bonds. The molecule has 0 atom stereocenters. The summed E-state index contributed by atoms with van der Waals surface area (Å²) in [5.41, 5.74) is 0.274. The van der Waals surface area contributed by atoms with Crippen LogP contribution < -0.4 is 10.1 Å². The van der Waals surface area contributed by atoms with Crippen molar-refractivity contribution in [3.05, 3.63) is 30.1 Å². The molecule has 0 saturated heterocycles. The minimum atomic E-state index is -0.758. The molecule has 7 heteroatoms. The first kappa shape index (κ1) is 16.5. The Kier molecular flexibility index (Phi) is 6.73. The van der Waals surface area contributed by atoms with Gasteiger partial charge >= 0.3 is 11.9 Å². The molecule has 0 bridgehead atoms. The van der Waals surface area contributed by atoms with E-state index in [-0.39, 0.29) is 18.8 Å². The largest absolute Gasteiger partial charge is 0.480 e. The minimum absolute atomic E-state index is 0.159. The molecule has 1 aromatic heterocycles. The van der Waals surface area contributed by atoms with Crippen molar-refractivity contribution in [1.82, 2.24) is 4.98 Å². The molecule has 1 N–H and O–H groups in total. The summed E-state index contributed by atoms with van der Waals surface area (Å²) in [5.74, 6) is -1.18. The smallest absolute Gasteiger partial charge is 0.347 e. The first-order valence-corrected chi connectivity index (χ1v) is 6.43. The van der Waals surface area contributed by atoms with Crippen LogP contribution in [-0.2, 0) is 19.1 Å². The van der Waals surface area contributed by atoms with E-state index in [0.717, 1.165) is 0 Å². The van der Waals surface area contributed by atoms with Crippen LogP contribution in [0.2, 0.25) is 0 Å². The van der Waals surface area contributed by atoms with Gasteiger partial charge in [0.25, 0.3) is 0 Å². The summed E-state index contributed by atoms with van der Waals surface area (Å²) in [7, 11) is 1.47. The number of aromatic nitrogens is 1. The zero-order valence-corrected chi connectivity index (χ0v) is 12.2. The number of rotatable bonds is 7. The summed E-state index contributed by atoms with van der Waals surface area (Å²) >= 11 is 0. The molecule has 1 rings (SSSR count). The Labute approximate surface area is 122 Å². The van der Waals surface area contributed by atoms with Crippen LogP contribution in [0.3, 0.4) is 0 Å². The standard InChI is InChI=1S/C14H18N2O5/c1-4-20-13(17)10(14(18)21-5-2)9-16-11-7-6-8-15-12(11)19-3/h6-9,16H,4-5H2,1-3H3. The Morgan fingerprint density at radius 2 is 1.86 bits per heavy atom. The van der Waals surface area contributed by atoms with Crippen LogP contribution >= 0.6 is 0 Å². The number of anilines is 1. The third-order valence-electron chi connectivity index (χ3n) is 2.33. The van der Waals surface area contributed by atoms with Crippen LogP contribution in [0.15, 0.2) is 30.1 Å². The average Bonchev–Trinajstić information content (AvgIpc) is 2.48. The highest BCUT2D eigenvalue weighted by molar-refractivity contribution is 6.14. The minimum Gasteiger partial charge on any atom is -0.480 e. The number of methoxy groups -OCH3 is 1. The number of hydrogen-bond donors (Lipinski definition) is 1. The molecule has 0 saturated carbocycles. The summed E-state index contributed by atoms with van der Waals surface area (Å²) < 4.78 is 14.7. The molecule has 0 spiro atoms. The van der Waals surface area contributed by atoms with Crippen molar-refractivity contribution >= 4 is 17.6 Å². The summed E-state index contributed by atoms with van der Waals surface area (Å²) in [6.07, 6.45) is 2.78. The normalized spacial score (nSPS) is 9.48. The van der Waals surface area contributed by atoms with Crippen LogP contribution in [0.25, 0.3) is 0 Å². The molecule has 0 fully saturated rings. The van der Waals surface area contributed by atoms with Crippen LogP contribution in [0.1, 0.15) is 13.8 Å². The third-order valence-corrected chi connectivity index (χ3v) is 2.33. The maximum absolute atomic E-state index is 11.8. The highest BCUT2D eigenvalue weighted by atomic mass is 16.6. The maximum atomic E-state index is 11.8. The predicted molar refractivity (Wildman–Crippen MR) is 75.8 cm³/mol. The van der Waals surface area contributed by atoms with Crippen LogP contribution in [0.4, 0.5) is 5.69 Å². The van der Waals surface area contributed by atoms with E-state index in [9.17, 15) is 9.59 Å². The van der Waals surface area contributed by atoms with E-state index >= 15 is 0 Å². The van der Waals surface area contributed by atoms with E-state index in [0.29, 0.717) is 11.6 Å². The zero-order valence-electron chi connectivity index (χ0n) is 12.2. The van der Waals surface area contributed by atoms with Crippen molar-refractivity contribution < 1.29 is 23.8 Å². The molecule has 0 aromatic carbocycles. The SMILES string of the molecule is CCOC(=O)C(=CNc1cccnc1OC)C(=O)OCC. The topological polar surface area (TPSA) is 86.8 Å². The first-order chi connectivity index (χ1) is 10.1. The fourth-order valence-corrected chi connectivity index (χ4v) is 1.43. The van der Waals surface area contributed by atoms with Crippen molar-refractivity contribution in [1.29, 1.82) is 0 Å². The van der Waals surface area contributed by atoms with E-state index < -0.39 is 11.9 Å². The lowest BCUT2D eigenvalue weighted by Crippen LogP contribution is -2.19. The van der Waals surface area contributed by atoms with E-state index in [1.807, 2.05) is 0 Å². The van der Waals surface area contributed by atoms with Gasteiger partial charge in [0.15, 0.2) is 5.57 Å². The predicted octanol–water partition coefficient (Wildman–Crippen LogP) is 1.51. The van der Waals surface area contributed by atoms with Crippen LogP contribution in [0.5, 0.6) is 5.88 Å². The third kappa shape index (κ3) is 4.79. The number of hydrogen-bond acceptors (Lipinski definition) is 7. The number of carbonyl (C=O) groups is 2. The van der Waals surface area contributed by atoms with Gasteiger partial charge in [0.05, 0.1) is 20.3 Å². The maximum Gasteiger partial charge on any atom is 0.347 e. The Balaban J connectivity index is 2.97. The lowest BCUT2D eigenvalue weighted by molar-refractivity contribution is -0.146. The van der Waals surface area contributed by atoms with Gasteiger partial charge in [-0.1, -0.05) is 0 Å². The molecular weight excluding hydrogens is 276 g/mol. The van der Waals surface area contributed by atoms with Crippen molar-refractivity contribution in [3.63, 3.8) is 0 Å². The molecule has 0 aliphatic heterocycles. The molecule has 21 heavy (non-hydrogen) atoms. The molecule has 0 aliphatic carbocycles. The summed E-state index contributed by atoms with van der Waals surface area (Å²) in [6, 6.07) is 3.38. The van der Waals surface area contributed by atoms with E-state index in [4.69, 9.17) is 14.2 Å². The van der Waals surface area contributed by atoms with Gasteiger partial charge in [0, 0.05) is 12.4 Å². The van der Waals surface area contributed by atoms with Crippen molar-refractivity contribution in [2.75, 3.05) is 25.6 Å². The van der Waals surface area contributed by atoms with Gasteiger partial charge < -0.3 is 19.5 Å². The summed E-state index contributed by atoms with van der Waals surface area (Å²) in [4.78, 5) is 27.5. The van der Waals surface area contributed by atoms with Crippen molar-refractivity contribution in [2.24, 2.45) is 0 Å². The number of esters is 2. The number of pyridine rings is 1. The zero-order chi connectivity index (χ0) is 15.7. The first-order valence-electron chi connectivity index (χ1n) is 6.43. The molecule has 114 valence electrons. The Morgan fingerprint density at radius 3 is 2.38 bits per heavy atom. The Bertz CT molecular complexity index is 508. The quantitative estimate of drug-likeness (QED) is 0.353. The number of ether oxygens (including phenoxy) is 3. The number of carbonyl (C=O) groups excluding carboxylic acids is 2. The van der Waals surface area contributed by atoms with E-state index in [1.165, 1.54) is 13.3 Å². The lowest BCUT2D eigenvalue weighted by atomic mass is 10.3. The molecule has 1 aromatic rings. The van der Waals surface area contributed by atoms with E-state index in [2.05, 4.69) is 10.3 Å². The Hall–Kier alpha value is -2.57. The fraction of sp³-hybridized carbons (Fsp3) is 0.357. The number of nitrogens with one attached hydrogen (secondary N) is 1. The van der Waals surface area contributed by atoms with Gasteiger partial charge in [-0.05, 0) is 26.0 Å². The van der Waals surface area contributed by atoms with Crippen molar-refractivity contribution in [3.8, 4) is 5.88 Å². The molecule has 0 unspecified atom stereocenters. The van der Waals surface area contributed by atoms with E-state index in [1.54, 1.807) is 32.2 Å². The fourth-order valence-electron chi connectivity index (χ4n) is 1.43. The van der Waals surface area contributed by atoms with Gasteiger partial charge in [-0.15, -0.1) is 0 Å². The van der Waals surface area contributed by atoms with Gasteiger partial charge in [0.1, 0.15) is 5.69 Å². The Morgan fingerprint density at radius 1 is 1.24 bits per heavy atom. The van der Waals surface area contributed by atoms with Gasteiger partial charge in [-0.2, -0.15) is 0 Å². The summed E-state index contributed by atoms with van der Waals surface area (Å²) in [5, 5.41) is 2.79. The van der Waals surface area contributed by atoms with Crippen molar-refractivity contribution in [2.45, 2.75) is 13.8 Å². The monoisotopic (exact) mass is 294 g/mol. The second-order valence-electron chi connectivity index (χ2n) is 3.70. The second kappa shape index (κ2) is 8.57. The molecular formula is C14H18N2O5. The molecule has 1 heterocycles. The summed E-state index contributed by atoms with van der Waals surface area (Å²) in [6.45, 7) is 3.62. The van der Waals surface area contributed by atoms with Gasteiger partial charge in [0.2, 0.25) is 5.88 Å². The van der Waals surface area contributed by atoms with Crippen LogP contribution in [0, 0.1) is 0 Å². The van der Waals surface area contributed by atoms with Gasteiger partial charge in [-0.3, -0.25) is 0 Å². The molecule has 0 aliphatic rings. The second-order valence-corrected chi connectivity index (χ2v) is 3.70. The lowest BCUT2D eigenvalue weighted by Gasteiger charge is -2.09. The van der Waals surface area contributed by atoms with Crippen LogP contribution in [-0.4, -0.2) is 37.2 Å². The molecule has 0 radical (unpaired) electrons. The van der Waals surface area contributed by atoms with Gasteiger partial charge in [-0.25, -0.2) is 14.6 Å². The highest BCUT2D eigenvalue weighted by Gasteiger charge is 2.21. The average molecular weight is 294 g/mol. The highest BCUT2D eigenvalue weighted by Crippen LogP contribution is 2.20. The number of nitrogens with zero attached hydrogens (tertiary/aromatic N) is 1. The molecule has 7 nitrogen and oxygen atoms in total.